The first-order valence-electron chi connectivity index (χ1n) is 5.24. The van der Waals surface area contributed by atoms with Crippen LogP contribution in [-0.4, -0.2) is 25.2 Å². The molecule has 0 aliphatic carbocycles. The summed E-state index contributed by atoms with van der Waals surface area (Å²) in [5, 5.41) is 6.11. The topological polar surface area (TPSA) is 74.8 Å². The number of aromatic nitrogens is 2. The van der Waals surface area contributed by atoms with Gasteiger partial charge in [-0.1, -0.05) is 27.7 Å². The zero-order valence-electron chi connectivity index (χ0n) is 10.1. The minimum atomic E-state index is -3.43. The summed E-state index contributed by atoms with van der Waals surface area (Å²) < 4.78 is 26.2. The molecule has 0 fully saturated rings. The van der Waals surface area contributed by atoms with Crippen LogP contribution in [0.2, 0.25) is 0 Å². The lowest BCUT2D eigenvalue weighted by atomic mass is 9.81. The maximum Gasteiger partial charge on any atom is 0.243 e. The van der Waals surface area contributed by atoms with E-state index in [1.165, 1.54) is 12.4 Å². The van der Waals surface area contributed by atoms with E-state index in [4.69, 9.17) is 0 Å². The molecular weight excluding hydrogens is 226 g/mol. The number of sulfonamides is 1. The van der Waals surface area contributed by atoms with E-state index in [2.05, 4.69) is 28.8 Å². The summed E-state index contributed by atoms with van der Waals surface area (Å²) in [5.41, 5.74) is -0.0726. The largest absolute Gasteiger partial charge is 0.284 e. The van der Waals surface area contributed by atoms with E-state index in [1.54, 1.807) is 0 Å². The van der Waals surface area contributed by atoms with E-state index < -0.39 is 10.0 Å². The molecule has 2 N–H and O–H groups in total. The van der Waals surface area contributed by atoms with Gasteiger partial charge in [0.2, 0.25) is 10.0 Å². The summed E-state index contributed by atoms with van der Waals surface area (Å²) >= 11 is 0. The first-order chi connectivity index (χ1) is 7.26. The van der Waals surface area contributed by atoms with Gasteiger partial charge in [0.1, 0.15) is 4.90 Å². The van der Waals surface area contributed by atoms with E-state index in [0.29, 0.717) is 12.5 Å². The summed E-state index contributed by atoms with van der Waals surface area (Å²) in [6.45, 7) is 8.64. The van der Waals surface area contributed by atoms with Crippen LogP contribution in [0.15, 0.2) is 17.3 Å². The second-order valence-corrected chi connectivity index (χ2v) is 6.67. The summed E-state index contributed by atoms with van der Waals surface area (Å²) in [6.07, 6.45) is 2.66. The quantitative estimate of drug-likeness (QED) is 0.822. The fourth-order valence-electron chi connectivity index (χ4n) is 0.954. The van der Waals surface area contributed by atoms with E-state index in [1.807, 2.05) is 13.8 Å². The molecule has 0 saturated carbocycles. The number of hydrogen-bond donors (Lipinski definition) is 2. The Balaban J connectivity index is 2.70. The predicted octanol–water partition coefficient (Wildman–Crippen LogP) is 1.37. The first kappa shape index (κ1) is 13.2. The molecule has 0 radical (unpaired) electrons. The second-order valence-electron chi connectivity index (χ2n) is 4.90. The van der Waals surface area contributed by atoms with Crippen LogP contribution in [0.5, 0.6) is 0 Å². The highest BCUT2D eigenvalue weighted by molar-refractivity contribution is 7.89. The molecule has 1 aromatic heterocycles. The van der Waals surface area contributed by atoms with Crippen molar-refractivity contribution in [3.8, 4) is 0 Å². The molecule has 0 aliphatic heterocycles. The van der Waals surface area contributed by atoms with Crippen LogP contribution < -0.4 is 4.72 Å². The molecule has 5 nitrogen and oxygen atoms in total. The van der Waals surface area contributed by atoms with Crippen molar-refractivity contribution in [1.29, 1.82) is 0 Å². The van der Waals surface area contributed by atoms with E-state index in [9.17, 15) is 8.42 Å². The third-order valence-corrected chi connectivity index (χ3v) is 4.43. The Labute approximate surface area is 96.7 Å². The molecule has 0 amide bonds. The number of hydrogen-bond acceptors (Lipinski definition) is 3. The summed E-state index contributed by atoms with van der Waals surface area (Å²) in [7, 11) is -3.43. The van der Waals surface area contributed by atoms with Crippen molar-refractivity contribution < 1.29 is 8.42 Å². The van der Waals surface area contributed by atoms with Gasteiger partial charge in [-0.15, -0.1) is 0 Å². The zero-order chi connectivity index (χ0) is 12.4. The fourth-order valence-corrected chi connectivity index (χ4v) is 2.08. The normalized spacial score (nSPS) is 13.3. The van der Waals surface area contributed by atoms with Crippen molar-refractivity contribution in [2.75, 3.05) is 6.54 Å². The average molecular weight is 245 g/mol. The molecule has 0 aliphatic rings. The SMILES string of the molecule is CC(C)C(C)(C)CNS(=O)(=O)c1cn[nH]c1. The Morgan fingerprint density at radius 3 is 2.56 bits per heavy atom. The number of H-pyrrole nitrogens is 1. The van der Waals surface area contributed by atoms with Crippen LogP contribution >= 0.6 is 0 Å². The van der Waals surface area contributed by atoms with Crippen molar-refractivity contribution in [2.24, 2.45) is 11.3 Å². The number of nitrogens with zero attached hydrogens (tertiary/aromatic N) is 1. The first-order valence-corrected chi connectivity index (χ1v) is 6.72. The third kappa shape index (κ3) is 3.05. The van der Waals surface area contributed by atoms with Gasteiger partial charge in [-0.2, -0.15) is 5.10 Å². The lowest BCUT2D eigenvalue weighted by Gasteiger charge is -2.29. The van der Waals surface area contributed by atoms with Crippen molar-refractivity contribution in [3.63, 3.8) is 0 Å². The zero-order valence-corrected chi connectivity index (χ0v) is 10.9. The molecule has 0 aromatic carbocycles. The minimum absolute atomic E-state index is 0.0726. The van der Waals surface area contributed by atoms with Gasteiger partial charge in [0.25, 0.3) is 0 Å². The monoisotopic (exact) mass is 245 g/mol. The Hall–Kier alpha value is -0.880. The molecule has 0 unspecified atom stereocenters. The Kier molecular flexibility index (Phi) is 3.75. The molecule has 1 rings (SSSR count). The van der Waals surface area contributed by atoms with E-state index >= 15 is 0 Å². The average Bonchev–Trinajstić information content (AvgIpc) is 2.68. The predicted molar refractivity (Wildman–Crippen MR) is 62.4 cm³/mol. The van der Waals surface area contributed by atoms with Crippen LogP contribution in [0.4, 0.5) is 0 Å². The van der Waals surface area contributed by atoms with E-state index in [0.717, 1.165) is 0 Å². The number of aromatic amines is 1. The molecular formula is C10H19N3O2S. The molecule has 0 bridgehead atoms. The van der Waals surface area contributed by atoms with E-state index in [-0.39, 0.29) is 10.3 Å². The third-order valence-electron chi connectivity index (χ3n) is 3.06. The standard InChI is InChI=1S/C10H19N3O2S/c1-8(2)10(3,4)7-13-16(14,15)9-5-11-12-6-9/h5-6,8,13H,7H2,1-4H3,(H,11,12). The van der Waals surface area contributed by atoms with Crippen molar-refractivity contribution in [2.45, 2.75) is 32.6 Å². The van der Waals surface area contributed by atoms with Gasteiger partial charge in [0.05, 0.1) is 6.20 Å². The summed E-state index contributed by atoms with van der Waals surface area (Å²) in [6, 6.07) is 0. The van der Waals surface area contributed by atoms with Gasteiger partial charge in [-0.3, -0.25) is 5.10 Å². The summed E-state index contributed by atoms with van der Waals surface area (Å²) in [4.78, 5) is 0.173. The van der Waals surface area contributed by atoms with Gasteiger partial charge < -0.3 is 0 Å². The van der Waals surface area contributed by atoms with Crippen LogP contribution in [0.1, 0.15) is 27.7 Å². The van der Waals surface area contributed by atoms with Crippen molar-refractivity contribution in [3.05, 3.63) is 12.4 Å². The van der Waals surface area contributed by atoms with Crippen LogP contribution in [-0.2, 0) is 10.0 Å². The lowest BCUT2D eigenvalue weighted by Crippen LogP contribution is -2.36. The van der Waals surface area contributed by atoms with Gasteiger partial charge in [0, 0.05) is 12.7 Å². The molecule has 0 spiro atoms. The Bertz CT molecular complexity index is 421. The van der Waals surface area contributed by atoms with Crippen LogP contribution in [0.25, 0.3) is 0 Å². The van der Waals surface area contributed by atoms with Gasteiger partial charge >= 0.3 is 0 Å². The van der Waals surface area contributed by atoms with Crippen molar-refractivity contribution in [1.82, 2.24) is 14.9 Å². The molecule has 0 saturated heterocycles. The molecule has 92 valence electrons. The number of rotatable bonds is 5. The van der Waals surface area contributed by atoms with Crippen LogP contribution in [0, 0.1) is 11.3 Å². The highest BCUT2D eigenvalue weighted by atomic mass is 32.2. The highest BCUT2D eigenvalue weighted by Gasteiger charge is 2.25. The van der Waals surface area contributed by atoms with Crippen molar-refractivity contribution >= 4 is 10.0 Å². The second kappa shape index (κ2) is 4.55. The van der Waals surface area contributed by atoms with Gasteiger partial charge in [-0.05, 0) is 11.3 Å². The molecule has 16 heavy (non-hydrogen) atoms. The molecule has 6 heteroatoms. The lowest BCUT2D eigenvalue weighted by molar-refractivity contribution is 0.252. The Morgan fingerprint density at radius 2 is 2.12 bits per heavy atom. The maximum atomic E-state index is 11.8. The maximum absolute atomic E-state index is 11.8. The van der Waals surface area contributed by atoms with Crippen LogP contribution in [0.3, 0.4) is 0 Å². The van der Waals surface area contributed by atoms with Gasteiger partial charge in [-0.25, -0.2) is 13.1 Å². The molecule has 1 aromatic rings. The Morgan fingerprint density at radius 1 is 1.50 bits per heavy atom. The molecule has 0 atom stereocenters. The number of nitrogens with one attached hydrogen (secondary N) is 2. The van der Waals surface area contributed by atoms with Gasteiger partial charge in [0.15, 0.2) is 0 Å². The fraction of sp³-hybridized carbons (Fsp3) is 0.700. The summed E-state index contributed by atoms with van der Waals surface area (Å²) in [5.74, 6) is 0.402. The minimum Gasteiger partial charge on any atom is -0.284 e. The highest BCUT2D eigenvalue weighted by Crippen LogP contribution is 2.25. The smallest absolute Gasteiger partial charge is 0.243 e. The molecule has 1 heterocycles.